The standard InChI is InChI=1S/C10H9FN2OS/c1-15-6-10(14)13-9-3-2-7(5-12)4-8(9)11/h2-4H,6H2,1H3,(H,13,14). The maximum absolute atomic E-state index is 13.3. The molecule has 1 rings (SSSR count). The first-order chi connectivity index (χ1) is 7.17. The Labute approximate surface area is 91.3 Å². The number of amides is 1. The monoisotopic (exact) mass is 224 g/mol. The fourth-order valence-corrected chi connectivity index (χ4v) is 1.34. The van der Waals surface area contributed by atoms with E-state index < -0.39 is 5.82 Å². The summed E-state index contributed by atoms with van der Waals surface area (Å²) in [6.07, 6.45) is 1.79. The maximum atomic E-state index is 13.3. The Hall–Kier alpha value is -1.54. The van der Waals surface area contributed by atoms with Gasteiger partial charge in [0.05, 0.1) is 23.1 Å². The van der Waals surface area contributed by atoms with Gasteiger partial charge in [-0.2, -0.15) is 17.0 Å². The van der Waals surface area contributed by atoms with E-state index in [1.807, 2.05) is 6.07 Å². The van der Waals surface area contributed by atoms with Crippen LogP contribution in [0.4, 0.5) is 10.1 Å². The molecule has 0 aliphatic carbocycles. The minimum Gasteiger partial charge on any atom is -0.323 e. The number of benzene rings is 1. The summed E-state index contributed by atoms with van der Waals surface area (Å²) >= 11 is 1.36. The van der Waals surface area contributed by atoms with Crippen LogP contribution in [-0.2, 0) is 4.79 Å². The largest absolute Gasteiger partial charge is 0.323 e. The number of hydrogen-bond donors (Lipinski definition) is 1. The van der Waals surface area contributed by atoms with Gasteiger partial charge in [0.2, 0.25) is 5.91 Å². The lowest BCUT2D eigenvalue weighted by atomic mass is 10.2. The number of carbonyl (C=O) groups excluding carboxylic acids is 1. The van der Waals surface area contributed by atoms with Gasteiger partial charge >= 0.3 is 0 Å². The molecule has 1 N–H and O–H groups in total. The number of carbonyl (C=O) groups is 1. The Kier molecular flexibility index (Phi) is 4.13. The summed E-state index contributed by atoms with van der Waals surface area (Å²) < 4.78 is 13.3. The van der Waals surface area contributed by atoms with Gasteiger partial charge in [-0.3, -0.25) is 4.79 Å². The molecule has 0 radical (unpaired) electrons. The SMILES string of the molecule is CSCC(=O)Nc1ccc(C#N)cc1F. The lowest BCUT2D eigenvalue weighted by molar-refractivity contribution is -0.113. The molecule has 0 aromatic heterocycles. The van der Waals surface area contributed by atoms with Crippen molar-refractivity contribution in [2.24, 2.45) is 0 Å². The molecule has 0 bridgehead atoms. The second-order valence-corrected chi connectivity index (χ2v) is 3.65. The zero-order valence-corrected chi connectivity index (χ0v) is 8.90. The Morgan fingerprint density at radius 1 is 1.67 bits per heavy atom. The van der Waals surface area contributed by atoms with Crippen molar-refractivity contribution in [3.8, 4) is 6.07 Å². The molecule has 1 amide bonds. The zero-order valence-electron chi connectivity index (χ0n) is 8.08. The van der Waals surface area contributed by atoms with E-state index in [1.165, 1.54) is 23.9 Å². The van der Waals surface area contributed by atoms with E-state index in [9.17, 15) is 9.18 Å². The van der Waals surface area contributed by atoms with Gasteiger partial charge in [-0.1, -0.05) is 0 Å². The van der Waals surface area contributed by atoms with Gasteiger partial charge in [0.25, 0.3) is 0 Å². The van der Waals surface area contributed by atoms with E-state index in [4.69, 9.17) is 5.26 Å². The smallest absolute Gasteiger partial charge is 0.234 e. The van der Waals surface area contributed by atoms with Crippen LogP contribution >= 0.6 is 11.8 Å². The molecule has 3 nitrogen and oxygen atoms in total. The van der Waals surface area contributed by atoms with E-state index in [0.29, 0.717) is 0 Å². The topological polar surface area (TPSA) is 52.9 Å². The van der Waals surface area contributed by atoms with E-state index in [2.05, 4.69) is 5.32 Å². The molecule has 0 aliphatic heterocycles. The Bertz CT molecular complexity index is 414. The van der Waals surface area contributed by atoms with Crippen LogP contribution in [0.3, 0.4) is 0 Å². The van der Waals surface area contributed by atoms with Crippen LogP contribution in [-0.4, -0.2) is 17.9 Å². The number of thioether (sulfide) groups is 1. The molecular formula is C10H9FN2OS. The number of hydrogen-bond acceptors (Lipinski definition) is 3. The van der Waals surface area contributed by atoms with Gasteiger partial charge in [-0.05, 0) is 24.5 Å². The fraction of sp³-hybridized carbons (Fsp3) is 0.200. The van der Waals surface area contributed by atoms with E-state index in [1.54, 1.807) is 6.26 Å². The van der Waals surface area contributed by atoms with Crippen LogP contribution in [0.2, 0.25) is 0 Å². The molecule has 0 spiro atoms. The number of anilines is 1. The Morgan fingerprint density at radius 3 is 2.93 bits per heavy atom. The predicted molar refractivity (Wildman–Crippen MR) is 58.1 cm³/mol. The lowest BCUT2D eigenvalue weighted by Gasteiger charge is -2.05. The van der Waals surface area contributed by atoms with E-state index in [0.717, 1.165) is 6.07 Å². The summed E-state index contributed by atoms with van der Waals surface area (Å²) in [5.41, 5.74) is 0.336. The van der Waals surface area contributed by atoms with Crippen molar-refractivity contribution in [2.45, 2.75) is 0 Å². The molecule has 78 valence electrons. The molecule has 0 saturated heterocycles. The van der Waals surface area contributed by atoms with Crippen LogP contribution in [0, 0.1) is 17.1 Å². The number of halogens is 1. The van der Waals surface area contributed by atoms with Gasteiger partial charge < -0.3 is 5.32 Å². The van der Waals surface area contributed by atoms with Crippen LogP contribution in [0.1, 0.15) is 5.56 Å². The van der Waals surface area contributed by atoms with Crippen molar-refractivity contribution >= 4 is 23.4 Å². The summed E-state index contributed by atoms with van der Waals surface area (Å²) in [6.45, 7) is 0. The normalized spacial score (nSPS) is 9.40. The molecule has 15 heavy (non-hydrogen) atoms. The van der Waals surface area contributed by atoms with Gasteiger partial charge in [-0.25, -0.2) is 4.39 Å². The fourth-order valence-electron chi connectivity index (χ4n) is 1.00. The Morgan fingerprint density at radius 2 is 2.40 bits per heavy atom. The van der Waals surface area contributed by atoms with Gasteiger partial charge in [0, 0.05) is 0 Å². The Balaban J connectivity index is 2.79. The van der Waals surface area contributed by atoms with Crippen LogP contribution < -0.4 is 5.32 Å². The van der Waals surface area contributed by atoms with Crippen molar-refractivity contribution in [1.82, 2.24) is 0 Å². The predicted octanol–water partition coefficient (Wildman–Crippen LogP) is 2.00. The minimum absolute atomic E-state index is 0.105. The van der Waals surface area contributed by atoms with Gasteiger partial charge in [-0.15, -0.1) is 0 Å². The summed E-state index contributed by atoms with van der Waals surface area (Å²) in [6, 6.07) is 5.75. The van der Waals surface area contributed by atoms with Crippen molar-refractivity contribution in [3.63, 3.8) is 0 Å². The lowest BCUT2D eigenvalue weighted by Crippen LogP contribution is -2.14. The van der Waals surface area contributed by atoms with Crippen LogP contribution in [0.25, 0.3) is 0 Å². The average Bonchev–Trinajstić information content (AvgIpc) is 2.21. The summed E-state index contributed by atoms with van der Waals surface area (Å²) in [5.74, 6) is -0.575. The van der Waals surface area contributed by atoms with Crippen molar-refractivity contribution < 1.29 is 9.18 Å². The van der Waals surface area contributed by atoms with E-state index in [-0.39, 0.29) is 22.9 Å². The van der Waals surface area contributed by atoms with Crippen molar-refractivity contribution in [3.05, 3.63) is 29.6 Å². The van der Waals surface area contributed by atoms with Gasteiger partial charge in [0.1, 0.15) is 5.82 Å². The number of nitriles is 1. The highest BCUT2D eigenvalue weighted by atomic mass is 32.2. The summed E-state index contributed by atoms with van der Waals surface area (Å²) in [5, 5.41) is 10.9. The molecule has 0 saturated carbocycles. The summed E-state index contributed by atoms with van der Waals surface area (Å²) in [4.78, 5) is 11.2. The van der Waals surface area contributed by atoms with Gasteiger partial charge in [0.15, 0.2) is 0 Å². The quantitative estimate of drug-likeness (QED) is 0.854. The maximum Gasteiger partial charge on any atom is 0.234 e. The third-order valence-corrected chi connectivity index (χ3v) is 2.20. The molecule has 1 aromatic rings. The summed E-state index contributed by atoms with van der Waals surface area (Å²) in [7, 11) is 0. The number of nitrogens with zero attached hydrogens (tertiary/aromatic N) is 1. The average molecular weight is 224 g/mol. The molecule has 5 heteroatoms. The molecule has 0 atom stereocenters. The highest BCUT2D eigenvalue weighted by molar-refractivity contribution is 7.99. The van der Waals surface area contributed by atoms with Crippen molar-refractivity contribution in [2.75, 3.05) is 17.3 Å². The minimum atomic E-state index is -0.594. The highest BCUT2D eigenvalue weighted by Gasteiger charge is 2.06. The first-order valence-corrected chi connectivity index (χ1v) is 5.55. The molecule has 1 aromatic carbocycles. The second-order valence-electron chi connectivity index (χ2n) is 2.79. The van der Waals surface area contributed by atoms with Crippen molar-refractivity contribution in [1.29, 1.82) is 5.26 Å². The third kappa shape index (κ3) is 3.26. The molecule has 0 unspecified atom stereocenters. The first-order valence-electron chi connectivity index (χ1n) is 4.16. The van der Waals surface area contributed by atoms with Crippen LogP contribution in [0.5, 0.6) is 0 Å². The number of rotatable bonds is 3. The molecule has 0 aliphatic rings. The molecule has 0 fully saturated rings. The zero-order chi connectivity index (χ0) is 11.3. The third-order valence-electron chi connectivity index (χ3n) is 1.65. The highest BCUT2D eigenvalue weighted by Crippen LogP contribution is 2.15. The second kappa shape index (κ2) is 5.37. The molecule has 0 heterocycles. The molecular weight excluding hydrogens is 215 g/mol. The van der Waals surface area contributed by atoms with Crippen LogP contribution in [0.15, 0.2) is 18.2 Å². The first kappa shape index (κ1) is 11.5. The van der Waals surface area contributed by atoms with E-state index >= 15 is 0 Å². The number of nitrogens with one attached hydrogen (secondary N) is 1.